The molecule has 0 amide bonds. The average Bonchev–Trinajstić information content (AvgIpc) is 2.75. The molecule has 0 spiro atoms. The van der Waals surface area contributed by atoms with Crippen LogP contribution in [0.4, 0.5) is 0 Å². The lowest BCUT2D eigenvalue weighted by Gasteiger charge is -2.34. The van der Waals surface area contributed by atoms with Crippen molar-refractivity contribution in [2.24, 2.45) is 17.3 Å². The van der Waals surface area contributed by atoms with Crippen LogP contribution >= 0.6 is 23.2 Å². The van der Waals surface area contributed by atoms with Gasteiger partial charge in [0.25, 0.3) is 0 Å². The number of benzene rings is 2. The molecule has 0 aromatic heterocycles. The molecule has 4 N–H and O–H groups in total. The largest absolute Gasteiger partial charge is 0.478 e. The molecule has 0 fully saturated rings. The van der Waals surface area contributed by atoms with Crippen LogP contribution in [0.2, 0.25) is 10.0 Å². The van der Waals surface area contributed by atoms with E-state index in [2.05, 4.69) is 27.7 Å². The van der Waals surface area contributed by atoms with E-state index in [1.54, 1.807) is 24.3 Å². The smallest absolute Gasteiger partial charge is 0.335 e. The maximum absolute atomic E-state index is 10.3. The second kappa shape index (κ2) is 15.7. The third-order valence-electron chi connectivity index (χ3n) is 5.22. The number of hydrogen-bond donors (Lipinski definition) is 4. The molecule has 8 heteroatoms. The van der Waals surface area contributed by atoms with E-state index in [0.29, 0.717) is 21.9 Å². The minimum atomic E-state index is -0.956. The molecule has 33 heavy (non-hydrogen) atoms. The third-order valence-corrected chi connectivity index (χ3v) is 5.69. The van der Waals surface area contributed by atoms with Gasteiger partial charge in [-0.1, -0.05) is 69.5 Å². The molecule has 2 aromatic carbocycles. The first-order valence-corrected chi connectivity index (χ1v) is 11.3. The molecule has 0 atom stereocenters. The highest BCUT2D eigenvalue weighted by Crippen LogP contribution is 2.33. The van der Waals surface area contributed by atoms with Crippen LogP contribution in [0, 0.1) is 17.3 Å². The van der Waals surface area contributed by atoms with E-state index in [1.807, 2.05) is 0 Å². The van der Waals surface area contributed by atoms with Gasteiger partial charge in [-0.2, -0.15) is 0 Å². The van der Waals surface area contributed by atoms with Crippen molar-refractivity contribution in [1.82, 2.24) is 0 Å². The molecule has 0 aliphatic rings. The Kier molecular flexibility index (Phi) is 14.7. The molecule has 2 rings (SSSR count). The molecule has 0 unspecified atom stereocenters. The van der Waals surface area contributed by atoms with Crippen LogP contribution in [-0.4, -0.2) is 45.6 Å². The van der Waals surface area contributed by atoms with Gasteiger partial charge in [0.05, 0.1) is 24.3 Å². The normalized spacial score (nSPS) is 10.7. The summed E-state index contributed by atoms with van der Waals surface area (Å²) in [6, 6.07) is 12.3. The molecule has 0 saturated carbocycles. The van der Waals surface area contributed by atoms with Crippen LogP contribution in [0.25, 0.3) is 0 Å². The van der Waals surface area contributed by atoms with Crippen molar-refractivity contribution in [1.29, 1.82) is 0 Å². The summed E-state index contributed by atoms with van der Waals surface area (Å²) in [5.41, 5.74) is 0.157. The number of carbonyl (C=O) groups is 2. The summed E-state index contributed by atoms with van der Waals surface area (Å²) in [6.07, 6.45) is 1.98. The fourth-order valence-electron chi connectivity index (χ4n) is 2.68. The Labute approximate surface area is 205 Å². The van der Waals surface area contributed by atoms with Gasteiger partial charge in [-0.3, -0.25) is 0 Å². The van der Waals surface area contributed by atoms with Crippen LogP contribution in [0.5, 0.6) is 0 Å². The van der Waals surface area contributed by atoms with Gasteiger partial charge < -0.3 is 20.4 Å². The Hall–Kier alpha value is -2.12. The summed E-state index contributed by atoms with van der Waals surface area (Å²) < 4.78 is 0. The molecule has 0 saturated heterocycles. The van der Waals surface area contributed by atoms with E-state index >= 15 is 0 Å². The summed E-state index contributed by atoms with van der Waals surface area (Å²) in [5.74, 6) is -0.942. The van der Waals surface area contributed by atoms with E-state index in [-0.39, 0.29) is 29.8 Å². The van der Waals surface area contributed by atoms with Crippen LogP contribution in [0.1, 0.15) is 61.3 Å². The van der Waals surface area contributed by atoms with Crippen LogP contribution in [0.3, 0.4) is 0 Å². The maximum atomic E-state index is 10.3. The SMILES string of the molecule is CC(C)CCC(CO)(CO)C(C)C.O=C(O)c1cccc(Cl)c1.O=C(O)c1cccc(Cl)c1. The molecule has 0 aliphatic carbocycles. The van der Waals surface area contributed by atoms with Gasteiger partial charge in [0.2, 0.25) is 0 Å². The molecular formula is C25H34Cl2O6. The molecule has 0 bridgehead atoms. The van der Waals surface area contributed by atoms with Crippen LogP contribution in [-0.2, 0) is 0 Å². The number of aromatic carboxylic acids is 2. The molecular weight excluding hydrogens is 467 g/mol. The van der Waals surface area contributed by atoms with Gasteiger partial charge in [-0.15, -0.1) is 0 Å². The number of halogens is 2. The number of rotatable bonds is 8. The number of aliphatic hydroxyl groups excluding tert-OH is 2. The van der Waals surface area contributed by atoms with Crippen molar-refractivity contribution in [2.45, 2.75) is 40.5 Å². The summed E-state index contributed by atoms with van der Waals surface area (Å²) in [4.78, 5) is 20.6. The quantitative estimate of drug-likeness (QED) is 0.346. The van der Waals surface area contributed by atoms with Crippen molar-refractivity contribution < 1.29 is 30.0 Å². The van der Waals surface area contributed by atoms with E-state index in [4.69, 9.17) is 33.4 Å². The Morgan fingerprint density at radius 1 is 0.818 bits per heavy atom. The Morgan fingerprint density at radius 2 is 1.21 bits per heavy atom. The predicted octanol–water partition coefficient (Wildman–Crippen LogP) is 6.13. The maximum Gasteiger partial charge on any atom is 0.335 e. The minimum absolute atomic E-state index is 0.0912. The topological polar surface area (TPSA) is 115 Å². The predicted molar refractivity (Wildman–Crippen MR) is 132 cm³/mol. The summed E-state index contributed by atoms with van der Waals surface area (Å²) >= 11 is 11.1. The Bertz CT molecular complexity index is 808. The highest BCUT2D eigenvalue weighted by Gasteiger charge is 2.32. The molecule has 184 valence electrons. The van der Waals surface area contributed by atoms with Crippen molar-refractivity contribution in [2.75, 3.05) is 13.2 Å². The highest BCUT2D eigenvalue weighted by molar-refractivity contribution is 6.31. The first-order valence-electron chi connectivity index (χ1n) is 10.6. The van der Waals surface area contributed by atoms with Crippen LogP contribution < -0.4 is 0 Å². The summed E-state index contributed by atoms with van der Waals surface area (Å²) in [6.45, 7) is 8.64. The zero-order valence-corrected chi connectivity index (χ0v) is 21.0. The van der Waals surface area contributed by atoms with Gasteiger partial charge in [0.15, 0.2) is 0 Å². The van der Waals surface area contributed by atoms with Gasteiger partial charge in [0.1, 0.15) is 0 Å². The fraction of sp³-hybridized carbons (Fsp3) is 0.440. The molecule has 0 aliphatic heterocycles. The van der Waals surface area contributed by atoms with Gasteiger partial charge in [-0.05, 0) is 54.7 Å². The minimum Gasteiger partial charge on any atom is -0.478 e. The average molecular weight is 501 g/mol. The Balaban J connectivity index is 0.000000470. The third kappa shape index (κ3) is 12.1. The zero-order chi connectivity index (χ0) is 25.6. The second-order valence-corrected chi connectivity index (χ2v) is 9.27. The van der Waals surface area contributed by atoms with E-state index in [0.717, 1.165) is 12.8 Å². The van der Waals surface area contributed by atoms with E-state index in [1.165, 1.54) is 24.3 Å². The lowest BCUT2D eigenvalue weighted by molar-refractivity contribution is 0.00497. The van der Waals surface area contributed by atoms with Gasteiger partial charge >= 0.3 is 11.9 Å². The van der Waals surface area contributed by atoms with Crippen LogP contribution in [0.15, 0.2) is 48.5 Å². The highest BCUT2D eigenvalue weighted by atomic mass is 35.5. The number of carboxylic acid groups (broad SMARTS) is 2. The molecule has 0 radical (unpaired) electrons. The summed E-state index contributed by atoms with van der Waals surface area (Å²) in [7, 11) is 0. The summed E-state index contributed by atoms with van der Waals surface area (Å²) in [5, 5.41) is 36.4. The molecule has 0 heterocycles. The van der Waals surface area contributed by atoms with Crippen molar-refractivity contribution in [3.8, 4) is 0 Å². The van der Waals surface area contributed by atoms with Gasteiger partial charge in [-0.25, -0.2) is 9.59 Å². The van der Waals surface area contributed by atoms with E-state index in [9.17, 15) is 19.8 Å². The van der Waals surface area contributed by atoms with E-state index < -0.39 is 11.9 Å². The first-order chi connectivity index (χ1) is 15.4. The molecule has 2 aromatic rings. The monoisotopic (exact) mass is 500 g/mol. The fourth-order valence-corrected chi connectivity index (χ4v) is 3.06. The first kappa shape index (κ1) is 30.9. The Morgan fingerprint density at radius 3 is 1.42 bits per heavy atom. The lowest BCUT2D eigenvalue weighted by atomic mass is 9.74. The van der Waals surface area contributed by atoms with Crippen molar-refractivity contribution in [3.05, 3.63) is 69.7 Å². The standard InChI is InChI=1S/C11H24O2.2C7H5ClO2/c1-9(2)5-6-11(7-12,8-13)10(3)4;2*8-6-3-1-2-5(4-6)7(9)10/h9-10,12-13H,5-8H2,1-4H3;2*1-4H,(H,9,10). The number of hydrogen-bond acceptors (Lipinski definition) is 4. The second-order valence-electron chi connectivity index (χ2n) is 8.40. The zero-order valence-electron chi connectivity index (χ0n) is 19.5. The van der Waals surface area contributed by atoms with Crippen molar-refractivity contribution >= 4 is 35.1 Å². The number of aliphatic hydroxyl groups is 2. The molecule has 6 nitrogen and oxygen atoms in total. The van der Waals surface area contributed by atoms with Crippen molar-refractivity contribution in [3.63, 3.8) is 0 Å². The number of carboxylic acids is 2. The van der Waals surface area contributed by atoms with Gasteiger partial charge in [0, 0.05) is 15.5 Å². The lowest BCUT2D eigenvalue weighted by Crippen LogP contribution is -2.35.